The zero-order valence-corrected chi connectivity index (χ0v) is 13.9. The number of carbonyl (C=O) groups is 1. The van der Waals surface area contributed by atoms with E-state index in [2.05, 4.69) is 20.9 Å². The second kappa shape index (κ2) is 6.42. The van der Waals surface area contributed by atoms with Crippen molar-refractivity contribution in [3.63, 3.8) is 0 Å². The lowest BCUT2D eigenvalue weighted by Gasteiger charge is -2.06. The molecule has 1 aromatic heterocycles. The van der Waals surface area contributed by atoms with E-state index in [0.29, 0.717) is 10.6 Å². The third-order valence-corrected chi connectivity index (χ3v) is 4.75. The van der Waals surface area contributed by atoms with Gasteiger partial charge in [-0.25, -0.2) is 4.98 Å². The molecule has 0 saturated heterocycles. The number of aromatic nitrogens is 1. The molecule has 0 spiro atoms. The molecule has 0 saturated carbocycles. The molecular formula is C17H11BrNO2S-. The predicted octanol–water partition coefficient (Wildman–Crippen LogP) is 3.74. The molecule has 2 aromatic carbocycles. The fourth-order valence-corrected chi connectivity index (χ4v) is 3.36. The van der Waals surface area contributed by atoms with Gasteiger partial charge in [-0.15, -0.1) is 11.3 Å². The van der Waals surface area contributed by atoms with E-state index in [-0.39, 0.29) is 6.42 Å². The summed E-state index contributed by atoms with van der Waals surface area (Å²) in [5, 5.41) is 11.8. The number of hydrogen-bond donors (Lipinski definition) is 0. The van der Waals surface area contributed by atoms with E-state index in [0.717, 1.165) is 20.3 Å². The molecule has 1 heterocycles. The number of carboxylic acids is 1. The first-order valence-corrected chi connectivity index (χ1v) is 8.25. The Morgan fingerprint density at radius 1 is 1.18 bits per heavy atom. The summed E-state index contributed by atoms with van der Waals surface area (Å²) in [6, 6.07) is 15.4. The molecule has 0 N–H and O–H groups in total. The van der Waals surface area contributed by atoms with Crippen molar-refractivity contribution in [2.24, 2.45) is 0 Å². The van der Waals surface area contributed by atoms with Gasteiger partial charge < -0.3 is 9.90 Å². The summed E-state index contributed by atoms with van der Waals surface area (Å²) in [5.74, 6) is -1.11. The van der Waals surface area contributed by atoms with Crippen molar-refractivity contribution in [3.05, 3.63) is 63.6 Å². The van der Waals surface area contributed by atoms with Crippen molar-refractivity contribution < 1.29 is 9.90 Å². The molecule has 110 valence electrons. The van der Waals surface area contributed by atoms with E-state index in [1.54, 1.807) is 0 Å². The summed E-state index contributed by atoms with van der Waals surface area (Å²) >= 11 is 4.88. The van der Waals surface area contributed by atoms with Gasteiger partial charge in [0.25, 0.3) is 0 Å². The highest BCUT2D eigenvalue weighted by Gasteiger charge is 2.09. The molecule has 0 bridgehead atoms. The topological polar surface area (TPSA) is 53.0 Å². The van der Waals surface area contributed by atoms with Crippen LogP contribution in [0.15, 0.2) is 53.0 Å². The number of rotatable bonds is 4. The fraction of sp³-hybridized carbons (Fsp3) is 0.0588. The minimum absolute atomic E-state index is 0.157. The summed E-state index contributed by atoms with van der Waals surface area (Å²) in [5.41, 5.74) is 2.46. The van der Waals surface area contributed by atoms with Crippen LogP contribution >= 0.6 is 27.3 Å². The van der Waals surface area contributed by atoms with Crippen LogP contribution in [0.4, 0.5) is 0 Å². The number of thiazole rings is 1. The number of carboxylic acid groups (broad SMARTS) is 1. The Bertz CT molecular complexity index is 819. The van der Waals surface area contributed by atoms with E-state index in [1.165, 1.54) is 11.3 Å². The number of para-hydroxylation sites is 1. The van der Waals surface area contributed by atoms with Gasteiger partial charge in [0.1, 0.15) is 5.01 Å². The lowest BCUT2D eigenvalue weighted by molar-refractivity contribution is -0.304. The molecule has 0 fully saturated rings. The van der Waals surface area contributed by atoms with Gasteiger partial charge in [0.05, 0.1) is 10.2 Å². The Morgan fingerprint density at radius 2 is 1.91 bits per heavy atom. The monoisotopic (exact) mass is 372 g/mol. The number of carbonyl (C=O) groups excluding carboxylic acids is 1. The van der Waals surface area contributed by atoms with Gasteiger partial charge in [0.15, 0.2) is 0 Å². The Labute approximate surface area is 140 Å². The summed E-state index contributed by atoms with van der Waals surface area (Å²) < 4.78 is 2.02. The van der Waals surface area contributed by atoms with Gasteiger partial charge in [-0.05, 0) is 41.5 Å². The van der Waals surface area contributed by atoms with E-state index >= 15 is 0 Å². The molecule has 22 heavy (non-hydrogen) atoms. The summed E-state index contributed by atoms with van der Waals surface area (Å²) in [6.45, 7) is 0. The molecule has 0 atom stereocenters. The van der Waals surface area contributed by atoms with Crippen LogP contribution in [-0.2, 0) is 4.79 Å². The van der Waals surface area contributed by atoms with Crippen LogP contribution < -0.4 is 5.11 Å². The molecule has 5 heteroatoms. The van der Waals surface area contributed by atoms with Crippen LogP contribution in [-0.4, -0.2) is 11.0 Å². The first kappa shape index (κ1) is 14.9. The number of halogens is 1. The Hall–Kier alpha value is -1.98. The average Bonchev–Trinajstić information content (AvgIpc) is 2.92. The Balaban J connectivity index is 2.05. The minimum atomic E-state index is -1.11. The van der Waals surface area contributed by atoms with Crippen LogP contribution in [0.1, 0.15) is 17.0 Å². The van der Waals surface area contributed by atoms with Gasteiger partial charge >= 0.3 is 0 Å². The molecule has 3 rings (SSSR count). The lowest BCUT2D eigenvalue weighted by Crippen LogP contribution is -2.22. The van der Waals surface area contributed by atoms with Crippen molar-refractivity contribution in [1.29, 1.82) is 0 Å². The van der Waals surface area contributed by atoms with Crippen molar-refractivity contribution in [1.82, 2.24) is 4.98 Å². The Kier molecular flexibility index (Phi) is 4.36. The van der Waals surface area contributed by atoms with Crippen LogP contribution in [0.2, 0.25) is 0 Å². The highest BCUT2D eigenvalue weighted by Crippen LogP contribution is 2.30. The number of nitrogens with zero attached hydrogens (tertiary/aromatic N) is 1. The lowest BCUT2D eigenvalue weighted by atomic mass is 10.1. The molecule has 0 unspecified atom stereocenters. The maximum Gasteiger partial charge on any atom is 0.120 e. The minimum Gasteiger partial charge on any atom is -0.550 e. The molecule has 0 radical (unpaired) electrons. The molecule has 0 aliphatic carbocycles. The molecule has 0 aliphatic rings. The molecule has 0 aliphatic heterocycles. The van der Waals surface area contributed by atoms with E-state index in [1.807, 2.05) is 54.6 Å². The SMILES string of the molecule is O=C([O-])C/C(=C\c1ccc(Br)cc1)c1nc2ccccc2s1. The second-order valence-electron chi connectivity index (χ2n) is 4.76. The van der Waals surface area contributed by atoms with Gasteiger partial charge in [-0.1, -0.05) is 40.2 Å². The number of hydrogen-bond acceptors (Lipinski definition) is 4. The third kappa shape index (κ3) is 3.43. The van der Waals surface area contributed by atoms with Crippen LogP contribution in [0, 0.1) is 0 Å². The summed E-state index contributed by atoms with van der Waals surface area (Å²) in [6.07, 6.45) is 1.69. The highest BCUT2D eigenvalue weighted by molar-refractivity contribution is 9.10. The van der Waals surface area contributed by atoms with E-state index < -0.39 is 5.97 Å². The quantitative estimate of drug-likeness (QED) is 0.700. The highest BCUT2D eigenvalue weighted by atomic mass is 79.9. The predicted molar refractivity (Wildman–Crippen MR) is 91.3 cm³/mol. The summed E-state index contributed by atoms with van der Waals surface area (Å²) in [4.78, 5) is 15.6. The average molecular weight is 373 g/mol. The number of aliphatic carboxylic acids is 1. The Morgan fingerprint density at radius 3 is 2.59 bits per heavy atom. The molecule has 3 aromatic rings. The largest absolute Gasteiger partial charge is 0.550 e. The van der Waals surface area contributed by atoms with Crippen LogP contribution in [0.3, 0.4) is 0 Å². The van der Waals surface area contributed by atoms with Crippen LogP contribution in [0.5, 0.6) is 0 Å². The number of benzene rings is 2. The smallest absolute Gasteiger partial charge is 0.120 e. The van der Waals surface area contributed by atoms with Gasteiger partial charge in [-0.3, -0.25) is 0 Å². The van der Waals surface area contributed by atoms with E-state index in [4.69, 9.17) is 0 Å². The van der Waals surface area contributed by atoms with Crippen molar-refractivity contribution in [3.8, 4) is 0 Å². The van der Waals surface area contributed by atoms with Crippen molar-refractivity contribution in [2.45, 2.75) is 6.42 Å². The standard InChI is InChI=1S/C17H12BrNO2S/c18-13-7-5-11(6-8-13)9-12(10-16(20)21)17-19-14-3-1-2-4-15(14)22-17/h1-9H,10H2,(H,20,21)/p-1/b12-9+. The maximum atomic E-state index is 11.1. The molecule has 0 amide bonds. The molecule has 3 nitrogen and oxygen atoms in total. The maximum absolute atomic E-state index is 11.1. The van der Waals surface area contributed by atoms with Gasteiger partial charge in [-0.2, -0.15) is 0 Å². The van der Waals surface area contributed by atoms with Crippen molar-refractivity contribution >= 4 is 55.1 Å². The number of fused-ring (bicyclic) bond motifs is 1. The van der Waals surface area contributed by atoms with Crippen molar-refractivity contribution in [2.75, 3.05) is 0 Å². The zero-order valence-electron chi connectivity index (χ0n) is 11.5. The zero-order chi connectivity index (χ0) is 15.5. The van der Waals surface area contributed by atoms with Gasteiger partial charge in [0.2, 0.25) is 0 Å². The fourth-order valence-electron chi connectivity index (χ4n) is 2.11. The molecular weight excluding hydrogens is 362 g/mol. The van der Waals surface area contributed by atoms with Gasteiger partial charge in [0, 0.05) is 16.9 Å². The first-order chi connectivity index (χ1) is 10.6. The van der Waals surface area contributed by atoms with E-state index in [9.17, 15) is 9.90 Å². The second-order valence-corrected chi connectivity index (χ2v) is 6.70. The normalized spacial score (nSPS) is 11.8. The van der Waals surface area contributed by atoms with Crippen LogP contribution in [0.25, 0.3) is 21.9 Å². The summed E-state index contributed by atoms with van der Waals surface area (Å²) in [7, 11) is 0. The first-order valence-electron chi connectivity index (χ1n) is 6.64. The third-order valence-electron chi connectivity index (χ3n) is 3.11.